The van der Waals surface area contributed by atoms with Gasteiger partial charge in [-0.25, -0.2) is 8.78 Å². The molecule has 1 aliphatic heterocycles. The lowest BCUT2D eigenvalue weighted by Gasteiger charge is -2.39. The first-order chi connectivity index (χ1) is 11.8. The molecule has 9 heteroatoms. The maximum atomic E-state index is 13.4. The number of amidine groups is 2. The Hall–Kier alpha value is -2.00. The predicted molar refractivity (Wildman–Crippen MR) is 94.8 cm³/mol. The number of nitrogens with one attached hydrogen (secondary N) is 3. The van der Waals surface area contributed by atoms with Crippen LogP contribution in [0.25, 0.3) is 0 Å². The number of nitrogens with zero attached hydrogens (tertiary/aromatic N) is 2. The monoisotopic (exact) mass is 369 g/mol. The topological polar surface area (TPSA) is 83.3 Å². The number of rotatable bonds is 2. The molecular weight excluding hydrogens is 348 g/mol. The van der Waals surface area contributed by atoms with Crippen LogP contribution in [0.15, 0.2) is 18.2 Å². The van der Waals surface area contributed by atoms with Gasteiger partial charge in [0, 0.05) is 39.1 Å². The molecule has 25 heavy (non-hydrogen) atoms. The number of piperazine rings is 1. The van der Waals surface area contributed by atoms with Gasteiger partial charge in [-0.2, -0.15) is 0 Å². The van der Waals surface area contributed by atoms with E-state index >= 15 is 0 Å². The summed E-state index contributed by atoms with van der Waals surface area (Å²) in [6, 6.07) is 3.88. The molecule has 0 spiro atoms. The van der Waals surface area contributed by atoms with Gasteiger partial charge in [0.1, 0.15) is 0 Å². The third kappa shape index (κ3) is 5.23. The van der Waals surface area contributed by atoms with E-state index in [1.54, 1.807) is 6.07 Å². The van der Waals surface area contributed by atoms with Crippen molar-refractivity contribution in [1.29, 1.82) is 10.8 Å². The number of halogens is 2. The maximum absolute atomic E-state index is 13.4. The molecule has 3 N–H and O–H groups in total. The summed E-state index contributed by atoms with van der Waals surface area (Å²) in [6.45, 7) is 5.76. The Morgan fingerprint density at radius 2 is 1.84 bits per heavy atom. The van der Waals surface area contributed by atoms with E-state index in [0.29, 0.717) is 31.7 Å². The lowest BCUT2D eigenvalue weighted by atomic mass is 10.1. The summed E-state index contributed by atoms with van der Waals surface area (Å²) in [5.41, 5.74) is 0.712. The first kappa shape index (κ1) is 19.3. The van der Waals surface area contributed by atoms with E-state index < -0.39 is 11.6 Å². The van der Waals surface area contributed by atoms with Gasteiger partial charge >= 0.3 is 0 Å². The van der Waals surface area contributed by atoms with Gasteiger partial charge in [0.25, 0.3) is 0 Å². The van der Waals surface area contributed by atoms with Gasteiger partial charge in [-0.1, -0.05) is 6.07 Å². The zero-order valence-corrected chi connectivity index (χ0v) is 14.9. The molecule has 136 valence electrons. The maximum Gasteiger partial charge on any atom is 0.222 e. The summed E-state index contributed by atoms with van der Waals surface area (Å²) < 4.78 is 26.5. The number of thioether (sulfide) groups is 1. The van der Waals surface area contributed by atoms with Gasteiger partial charge in [-0.05, 0) is 36.4 Å². The molecule has 1 fully saturated rings. The largest absolute Gasteiger partial charge is 0.349 e. The summed E-state index contributed by atoms with van der Waals surface area (Å²) in [7, 11) is 0. The molecular formula is C16H21F2N5OS. The fourth-order valence-electron chi connectivity index (χ4n) is 2.64. The van der Waals surface area contributed by atoms with Crippen LogP contribution in [0.5, 0.6) is 0 Å². The van der Waals surface area contributed by atoms with E-state index in [9.17, 15) is 13.6 Å². The number of hydrogen-bond donors (Lipinski definition) is 3. The Morgan fingerprint density at radius 3 is 2.40 bits per heavy atom. The second-order valence-electron chi connectivity index (χ2n) is 5.79. The summed E-state index contributed by atoms with van der Waals surface area (Å²) >= 11 is 0.895. The van der Waals surface area contributed by atoms with Crippen molar-refractivity contribution in [3.05, 3.63) is 35.4 Å². The Balaban J connectivity index is 1.88. The van der Waals surface area contributed by atoms with Crippen molar-refractivity contribution in [3.63, 3.8) is 0 Å². The Labute approximate surface area is 149 Å². The van der Waals surface area contributed by atoms with Crippen molar-refractivity contribution >= 4 is 28.0 Å². The molecule has 0 aliphatic carbocycles. The van der Waals surface area contributed by atoms with Gasteiger partial charge in [0.2, 0.25) is 5.91 Å². The molecule has 1 unspecified atom stereocenters. The van der Waals surface area contributed by atoms with Crippen molar-refractivity contribution in [1.82, 2.24) is 15.1 Å². The highest BCUT2D eigenvalue weighted by Gasteiger charge is 2.24. The second-order valence-corrected chi connectivity index (χ2v) is 6.79. The lowest BCUT2D eigenvalue weighted by molar-refractivity contribution is -0.117. The fourth-order valence-corrected chi connectivity index (χ4v) is 3.34. The Bertz CT molecular complexity index is 676. The molecule has 2 rings (SSSR count). The van der Waals surface area contributed by atoms with Crippen molar-refractivity contribution in [2.24, 2.45) is 0 Å². The van der Waals surface area contributed by atoms with Crippen molar-refractivity contribution in [2.75, 3.05) is 26.2 Å². The standard InChI is InChI=1S/C16H21F2N5OS/c1-10(12-3-4-13(17)14(18)9-12)22-5-7-23(8-6-22)16(20)25-15(19)21-11(2)24/h3-4,9-10,20H,5-8H2,1-2H3,(H2,19,21,24). The molecule has 1 heterocycles. The van der Waals surface area contributed by atoms with E-state index in [1.807, 2.05) is 11.8 Å². The number of hydrogen-bond acceptors (Lipinski definition) is 5. The fraction of sp³-hybridized carbons (Fsp3) is 0.438. The van der Waals surface area contributed by atoms with Gasteiger partial charge in [0.15, 0.2) is 22.0 Å². The predicted octanol–water partition coefficient (Wildman–Crippen LogP) is 2.38. The third-order valence-electron chi connectivity index (χ3n) is 4.06. The molecule has 1 aliphatic rings. The minimum atomic E-state index is -0.854. The quantitative estimate of drug-likeness (QED) is 0.552. The van der Waals surface area contributed by atoms with Gasteiger partial charge in [-0.15, -0.1) is 0 Å². The normalized spacial score (nSPS) is 16.4. The molecule has 1 aromatic rings. The molecule has 0 saturated carbocycles. The van der Waals surface area contributed by atoms with E-state index in [1.165, 1.54) is 13.0 Å². The molecule has 1 aromatic carbocycles. The van der Waals surface area contributed by atoms with Crippen LogP contribution in [0.1, 0.15) is 25.5 Å². The van der Waals surface area contributed by atoms with Gasteiger partial charge < -0.3 is 10.2 Å². The molecule has 1 saturated heterocycles. The van der Waals surface area contributed by atoms with Crippen LogP contribution in [0.4, 0.5) is 8.78 Å². The number of amides is 1. The van der Waals surface area contributed by atoms with Gasteiger partial charge in [0.05, 0.1) is 0 Å². The van der Waals surface area contributed by atoms with Crippen LogP contribution in [-0.4, -0.2) is 52.2 Å². The number of carbonyl (C=O) groups excluding carboxylic acids is 1. The molecule has 0 bridgehead atoms. The van der Waals surface area contributed by atoms with Crippen molar-refractivity contribution < 1.29 is 13.6 Å². The van der Waals surface area contributed by atoms with Crippen LogP contribution < -0.4 is 5.32 Å². The van der Waals surface area contributed by atoms with E-state index in [4.69, 9.17) is 10.8 Å². The first-order valence-electron chi connectivity index (χ1n) is 7.84. The highest BCUT2D eigenvalue weighted by Crippen LogP contribution is 2.24. The minimum Gasteiger partial charge on any atom is -0.349 e. The molecule has 0 radical (unpaired) electrons. The van der Waals surface area contributed by atoms with Crippen LogP contribution >= 0.6 is 11.8 Å². The number of benzene rings is 1. The Kier molecular flexibility index (Phi) is 6.49. The SMILES string of the molecule is CC(=O)NC(=N)SC(=N)N1CCN(C(C)c2ccc(F)c(F)c2)CC1. The average molecular weight is 369 g/mol. The summed E-state index contributed by atoms with van der Waals surface area (Å²) in [5.74, 6) is -2.04. The van der Waals surface area contributed by atoms with E-state index in [-0.39, 0.29) is 22.3 Å². The highest BCUT2D eigenvalue weighted by molar-refractivity contribution is 8.26. The van der Waals surface area contributed by atoms with E-state index in [2.05, 4.69) is 10.2 Å². The summed E-state index contributed by atoms with van der Waals surface area (Å²) in [4.78, 5) is 14.9. The van der Waals surface area contributed by atoms with Crippen LogP contribution in [0.3, 0.4) is 0 Å². The molecule has 1 atom stereocenters. The van der Waals surface area contributed by atoms with Crippen molar-refractivity contribution in [2.45, 2.75) is 19.9 Å². The lowest BCUT2D eigenvalue weighted by Crippen LogP contribution is -2.48. The van der Waals surface area contributed by atoms with Gasteiger partial charge in [-0.3, -0.25) is 20.5 Å². The second kappa shape index (κ2) is 8.39. The molecule has 6 nitrogen and oxygen atoms in total. The summed E-state index contributed by atoms with van der Waals surface area (Å²) in [5, 5.41) is 18.1. The Morgan fingerprint density at radius 1 is 1.20 bits per heavy atom. The average Bonchev–Trinajstić information content (AvgIpc) is 2.56. The zero-order valence-electron chi connectivity index (χ0n) is 14.1. The van der Waals surface area contributed by atoms with Crippen LogP contribution in [-0.2, 0) is 4.79 Å². The molecule has 0 aromatic heterocycles. The summed E-state index contributed by atoms with van der Waals surface area (Å²) in [6.07, 6.45) is 0. The van der Waals surface area contributed by atoms with Crippen LogP contribution in [0.2, 0.25) is 0 Å². The van der Waals surface area contributed by atoms with Crippen molar-refractivity contribution in [3.8, 4) is 0 Å². The van der Waals surface area contributed by atoms with Crippen LogP contribution in [0, 0.1) is 22.5 Å². The zero-order chi connectivity index (χ0) is 18.6. The van der Waals surface area contributed by atoms with E-state index in [0.717, 1.165) is 17.8 Å². The third-order valence-corrected chi connectivity index (χ3v) is 4.82. The smallest absolute Gasteiger partial charge is 0.222 e. The number of carbonyl (C=O) groups is 1. The minimum absolute atomic E-state index is 0.0586. The first-order valence-corrected chi connectivity index (χ1v) is 8.66. The molecule has 1 amide bonds. The highest BCUT2D eigenvalue weighted by atomic mass is 32.2.